The fourth-order valence-corrected chi connectivity index (χ4v) is 2.95. The van der Waals surface area contributed by atoms with Gasteiger partial charge in [-0.2, -0.15) is 0 Å². The van der Waals surface area contributed by atoms with Crippen molar-refractivity contribution in [2.45, 2.75) is 64.2 Å². The largest absolute Gasteiger partial charge is 0.480 e. The summed E-state index contributed by atoms with van der Waals surface area (Å²) in [7, 11) is 0. The maximum atomic E-state index is 13.0. The van der Waals surface area contributed by atoms with E-state index in [1.165, 1.54) is 11.8 Å². The summed E-state index contributed by atoms with van der Waals surface area (Å²) in [5, 5.41) is 22.9. The molecule has 0 radical (unpaired) electrons. The Bertz CT molecular complexity index is 566. The smallest absolute Gasteiger partial charge is 0.328 e. The SMILES string of the molecule is CC(C)CC(NC(=O)C(C)N)C(=O)N1CCCC1C(=O)NC(CO)C(=O)O. The Kier molecular flexibility index (Phi) is 8.64. The van der Waals surface area contributed by atoms with Crippen LogP contribution in [0.15, 0.2) is 0 Å². The van der Waals surface area contributed by atoms with Gasteiger partial charge in [-0.05, 0) is 32.1 Å². The van der Waals surface area contributed by atoms with Crippen LogP contribution in [0.2, 0.25) is 0 Å². The summed E-state index contributed by atoms with van der Waals surface area (Å²) in [6.45, 7) is 4.91. The Hall–Kier alpha value is -2.20. The van der Waals surface area contributed by atoms with Crippen molar-refractivity contribution in [3.63, 3.8) is 0 Å². The van der Waals surface area contributed by atoms with Gasteiger partial charge in [0.1, 0.15) is 18.1 Å². The number of aliphatic hydroxyl groups excluding tert-OH is 1. The molecule has 4 atom stereocenters. The number of carbonyl (C=O) groups is 4. The molecule has 4 unspecified atom stereocenters. The number of rotatable bonds is 9. The summed E-state index contributed by atoms with van der Waals surface area (Å²) < 4.78 is 0. The van der Waals surface area contributed by atoms with Crippen LogP contribution in [0.25, 0.3) is 0 Å². The number of carboxylic acid groups (broad SMARTS) is 1. The lowest BCUT2D eigenvalue weighted by atomic mass is 10.0. The predicted molar refractivity (Wildman–Crippen MR) is 96.4 cm³/mol. The maximum absolute atomic E-state index is 13.0. The third kappa shape index (κ3) is 6.47. The monoisotopic (exact) mass is 386 g/mol. The first-order valence-electron chi connectivity index (χ1n) is 9.08. The van der Waals surface area contributed by atoms with Crippen molar-refractivity contribution < 1.29 is 29.4 Å². The minimum Gasteiger partial charge on any atom is -0.480 e. The number of hydrogen-bond acceptors (Lipinski definition) is 6. The molecular formula is C17H30N4O6. The van der Waals surface area contributed by atoms with Crippen molar-refractivity contribution in [2.24, 2.45) is 11.7 Å². The van der Waals surface area contributed by atoms with E-state index < -0.39 is 54.5 Å². The Labute approximate surface area is 158 Å². The van der Waals surface area contributed by atoms with Crippen LogP contribution in [0.5, 0.6) is 0 Å². The second-order valence-electron chi connectivity index (χ2n) is 7.25. The van der Waals surface area contributed by atoms with Crippen LogP contribution in [0.1, 0.15) is 40.0 Å². The van der Waals surface area contributed by atoms with E-state index in [1.807, 2.05) is 13.8 Å². The Morgan fingerprint density at radius 3 is 2.26 bits per heavy atom. The van der Waals surface area contributed by atoms with E-state index in [1.54, 1.807) is 0 Å². The molecule has 1 rings (SSSR count). The summed E-state index contributed by atoms with van der Waals surface area (Å²) in [4.78, 5) is 49.7. The first kappa shape index (κ1) is 22.8. The summed E-state index contributed by atoms with van der Waals surface area (Å²) in [5.74, 6) is -2.73. The van der Waals surface area contributed by atoms with Crippen molar-refractivity contribution in [3.8, 4) is 0 Å². The summed E-state index contributed by atoms with van der Waals surface area (Å²) in [6, 6.07) is -3.86. The normalized spacial score (nSPS) is 20.1. The van der Waals surface area contributed by atoms with E-state index in [9.17, 15) is 19.2 Å². The quantitative estimate of drug-likeness (QED) is 0.319. The lowest BCUT2D eigenvalue weighted by Crippen LogP contribution is -2.57. The second kappa shape index (κ2) is 10.2. The Morgan fingerprint density at radius 2 is 1.78 bits per heavy atom. The number of nitrogens with one attached hydrogen (secondary N) is 2. The molecule has 0 aromatic rings. The van der Waals surface area contributed by atoms with Crippen LogP contribution in [0, 0.1) is 5.92 Å². The molecule has 0 spiro atoms. The number of amides is 3. The van der Waals surface area contributed by atoms with Gasteiger partial charge in [0.25, 0.3) is 0 Å². The van der Waals surface area contributed by atoms with Gasteiger partial charge in [-0.3, -0.25) is 14.4 Å². The lowest BCUT2D eigenvalue weighted by molar-refractivity contribution is -0.145. The number of aliphatic hydroxyl groups is 1. The van der Waals surface area contributed by atoms with Gasteiger partial charge in [0.2, 0.25) is 17.7 Å². The average Bonchev–Trinajstić information content (AvgIpc) is 3.06. The van der Waals surface area contributed by atoms with E-state index in [0.717, 1.165) is 0 Å². The number of hydrogen-bond donors (Lipinski definition) is 5. The standard InChI is InChI=1S/C17H30N4O6/c1-9(2)7-11(19-14(23)10(3)18)16(25)21-6-4-5-13(21)15(24)20-12(8-22)17(26)27/h9-13,22H,4-8,18H2,1-3H3,(H,19,23)(H,20,24)(H,26,27). The highest BCUT2D eigenvalue weighted by Gasteiger charge is 2.39. The van der Waals surface area contributed by atoms with Crippen LogP contribution in [0.4, 0.5) is 0 Å². The average molecular weight is 386 g/mol. The van der Waals surface area contributed by atoms with Crippen molar-refractivity contribution in [1.29, 1.82) is 0 Å². The highest BCUT2D eigenvalue weighted by molar-refractivity contribution is 5.94. The number of likely N-dealkylation sites (tertiary alicyclic amines) is 1. The molecule has 10 heteroatoms. The number of carbonyl (C=O) groups excluding carboxylic acids is 3. The number of carboxylic acids is 1. The molecule has 154 valence electrons. The van der Waals surface area contributed by atoms with E-state index in [-0.39, 0.29) is 5.92 Å². The van der Waals surface area contributed by atoms with Crippen LogP contribution in [0.3, 0.4) is 0 Å². The molecule has 6 N–H and O–H groups in total. The number of nitrogens with two attached hydrogens (primary N) is 1. The molecule has 1 aliphatic rings. The van der Waals surface area contributed by atoms with Crippen molar-refractivity contribution in [1.82, 2.24) is 15.5 Å². The van der Waals surface area contributed by atoms with Crippen molar-refractivity contribution in [2.75, 3.05) is 13.2 Å². The third-order valence-corrected chi connectivity index (χ3v) is 4.37. The van der Waals surface area contributed by atoms with Gasteiger partial charge >= 0.3 is 5.97 Å². The van der Waals surface area contributed by atoms with Gasteiger partial charge < -0.3 is 31.5 Å². The fraction of sp³-hybridized carbons (Fsp3) is 0.765. The highest BCUT2D eigenvalue weighted by Crippen LogP contribution is 2.20. The molecule has 1 heterocycles. The Morgan fingerprint density at radius 1 is 1.15 bits per heavy atom. The molecule has 1 saturated heterocycles. The number of aliphatic carboxylic acids is 1. The maximum Gasteiger partial charge on any atom is 0.328 e. The summed E-state index contributed by atoms with van der Waals surface area (Å²) >= 11 is 0. The topological polar surface area (TPSA) is 162 Å². The second-order valence-corrected chi connectivity index (χ2v) is 7.25. The molecule has 1 aliphatic heterocycles. The Balaban J connectivity index is 2.91. The zero-order valence-corrected chi connectivity index (χ0v) is 16.0. The van der Waals surface area contributed by atoms with Gasteiger partial charge in [-0.25, -0.2) is 4.79 Å². The lowest BCUT2D eigenvalue weighted by Gasteiger charge is -2.30. The third-order valence-electron chi connectivity index (χ3n) is 4.37. The van der Waals surface area contributed by atoms with Crippen LogP contribution in [-0.4, -0.2) is 76.1 Å². The first-order valence-corrected chi connectivity index (χ1v) is 9.08. The minimum atomic E-state index is -1.43. The van der Waals surface area contributed by atoms with E-state index in [0.29, 0.717) is 25.8 Å². The minimum absolute atomic E-state index is 0.119. The van der Waals surface area contributed by atoms with Gasteiger partial charge in [0, 0.05) is 6.54 Å². The van der Waals surface area contributed by atoms with Gasteiger partial charge in [-0.15, -0.1) is 0 Å². The number of nitrogens with zero attached hydrogens (tertiary/aromatic N) is 1. The first-order chi connectivity index (χ1) is 12.6. The molecule has 3 amide bonds. The zero-order valence-electron chi connectivity index (χ0n) is 16.0. The molecule has 0 aliphatic carbocycles. The molecule has 0 saturated carbocycles. The van der Waals surface area contributed by atoms with Crippen LogP contribution in [-0.2, 0) is 19.2 Å². The molecule has 0 bridgehead atoms. The van der Waals surface area contributed by atoms with Gasteiger partial charge in [0.15, 0.2) is 0 Å². The molecular weight excluding hydrogens is 356 g/mol. The molecule has 1 fully saturated rings. The summed E-state index contributed by atoms with van der Waals surface area (Å²) in [5.41, 5.74) is 5.56. The molecule has 10 nitrogen and oxygen atoms in total. The fourth-order valence-electron chi connectivity index (χ4n) is 2.95. The van der Waals surface area contributed by atoms with Gasteiger partial charge in [-0.1, -0.05) is 13.8 Å². The molecule has 0 aromatic carbocycles. The van der Waals surface area contributed by atoms with E-state index >= 15 is 0 Å². The van der Waals surface area contributed by atoms with E-state index in [2.05, 4.69) is 10.6 Å². The highest BCUT2D eigenvalue weighted by atomic mass is 16.4. The van der Waals surface area contributed by atoms with Crippen LogP contribution < -0.4 is 16.4 Å². The predicted octanol–water partition coefficient (Wildman–Crippen LogP) is -1.58. The molecule has 27 heavy (non-hydrogen) atoms. The summed E-state index contributed by atoms with van der Waals surface area (Å²) in [6.07, 6.45) is 1.35. The van der Waals surface area contributed by atoms with Gasteiger partial charge in [0.05, 0.1) is 12.6 Å². The molecule has 0 aromatic heterocycles. The van der Waals surface area contributed by atoms with E-state index in [4.69, 9.17) is 15.9 Å². The van der Waals surface area contributed by atoms with Crippen LogP contribution >= 0.6 is 0 Å². The van der Waals surface area contributed by atoms with Crippen molar-refractivity contribution in [3.05, 3.63) is 0 Å². The van der Waals surface area contributed by atoms with Crippen molar-refractivity contribution >= 4 is 23.7 Å². The zero-order chi connectivity index (χ0) is 20.7.